The number of nitrogens with one attached hydrogen (secondary N) is 2. The van der Waals surface area contributed by atoms with Gasteiger partial charge in [0.25, 0.3) is 15.9 Å². The topological polar surface area (TPSA) is 93.7 Å². The molecule has 0 radical (unpaired) electrons. The molecule has 0 aliphatic carbocycles. The van der Waals surface area contributed by atoms with E-state index >= 15 is 0 Å². The highest BCUT2D eigenvalue weighted by molar-refractivity contribution is 7.92. The van der Waals surface area contributed by atoms with Gasteiger partial charge in [-0.15, -0.1) is 0 Å². The summed E-state index contributed by atoms with van der Waals surface area (Å²) in [6, 6.07) is 17.8. The molecule has 0 saturated carbocycles. The van der Waals surface area contributed by atoms with Crippen molar-refractivity contribution < 1.29 is 27.1 Å². The fourth-order valence-corrected chi connectivity index (χ4v) is 4.47. The quantitative estimate of drug-likeness (QED) is 0.508. The van der Waals surface area contributed by atoms with E-state index in [2.05, 4.69) is 10.0 Å². The van der Waals surface area contributed by atoms with E-state index in [1.165, 1.54) is 36.4 Å². The van der Waals surface area contributed by atoms with Gasteiger partial charge in [-0.2, -0.15) is 0 Å². The maximum Gasteiger partial charge on any atom is 0.262 e. The fourth-order valence-electron chi connectivity index (χ4n) is 3.36. The van der Waals surface area contributed by atoms with Gasteiger partial charge in [-0.1, -0.05) is 18.2 Å². The Morgan fingerprint density at radius 2 is 1.85 bits per heavy atom. The minimum atomic E-state index is -4.05. The lowest BCUT2D eigenvalue weighted by Gasteiger charge is -2.12. The molecule has 33 heavy (non-hydrogen) atoms. The Bertz CT molecular complexity index is 1230. The molecular formula is C24H23FN2O5S. The predicted molar refractivity (Wildman–Crippen MR) is 123 cm³/mol. The number of para-hydroxylation sites is 1. The zero-order valence-electron chi connectivity index (χ0n) is 17.7. The maximum atomic E-state index is 13.8. The fraction of sp³-hybridized carbons (Fsp3) is 0.208. The van der Waals surface area contributed by atoms with Crippen LogP contribution in [0.4, 0.5) is 15.8 Å². The number of amides is 1. The largest absolute Gasteiger partial charge is 0.491 e. The molecule has 1 aliphatic heterocycles. The molecule has 0 spiro atoms. The van der Waals surface area contributed by atoms with Crippen molar-refractivity contribution in [2.45, 2.75) is 23.8 Å². The molecule has 3 aromatic rings. The minimum absolute atomic E-state index is 0.101. The molecule has 0 unspecified atom stereocenters. The molecule has 7 nitrogen and oxygen atoms in total. The van der Waals surface area contributed by atoms with Gasteiger partial charge in [0, 0.05) is 17.9 Å². The summed E-state index contributed by atoms with van der Waals surface area (Å²) in [6.45, 7) is 1.22. The number of carbonyl (C=O) groups is 1. The smallest absolute Gasteiger partial charge is 0.262 e. The first-order valence-electron chi connectivity index (χ1n) is 10.4. The summed E-state index contributed by atoms with van der Waals surface area (Å²) in [5, 5.41) is 2.68. The minimum Gasteiger partial charge on any atom is -0.491 e. The molecule has 9 heteroatoms. The van der Waals surface area contributed by atoms with E-state index in [1.54, 1.807) is 30.3 Å². The van der Waals surface area contributed by atoms with Crippen molar-refractivity contribution in [3.63, 3.8) is 0 Å². The third-order valence-electron chi connectivity index (χ3n) is 5.10. The molecule has 3 aromatic carbocycles. The Kier molecular flexibility index (Phi) is 6.90. The van der Waals surface area contributed by atoms with Gasteiger partial charge in [0.2, 0.25) is 0 Å². The number of halogens is 1. The van der Waals surface area contributed by atoms with Crippen molar-refractivity contribution in [3.05, 3.63) is 84.2 Å². The zero-order chi connectivity index (χ0) is 23.3. The van der Waals surface area contributed by atoms with Gasteiger partial charge in [-0.25, -0.2) is 12.8 Å². The SMILES string of the molecule is O=C(Nc1cccc(S(=O)(=O)Nc2ccccc2F)c1)c1ccc(OC[C@@H]2CCCO2)cc1. The van der Waals surface area contributed by atoms with Crippen LogP contribution in [-0.2, 0) is 14.8 Å². The highest BCUT2D eigenvalue weighted by atomic mass is 32.2. The van der Waals surface area contributed by atoms with Crippen molar-refractivity contribution in [1.82, 2.24) is 0 Å². The maximum absolute atomic E-state index is 13.8. The summed E-state index contributed by atoms with van der Waals surface area (Å²) in [6.07, 6.45) is 2.12. The van der Waals surface area contributed by atoms with Gasteiger partial charge >= 0.3 is 0 Å². The van der Waals surface area contributed by atoms with E-state index in [0.717, 1.165) is 25.5 Å². The number of benzene rings is 3. The number of anilines is 2. The van der Waals surface area contributed by atoms with Crippen LogP contribution in [0, 0.1) is 5.82 Å². The first-order chi connectivity index (χ1) is 15.9. The third-order valence-corrected chi connectivity index (χ3v) is 6.46. The predicted octanol–water partition coefficient (Wildman–Crippen LogP) is 4.44. The average molecular weight is 471 g/mol. The Balaban J connectivity index is 1.40. The van der Waals surface area contributed by atoms with Crippen molar-refractivity contribution >= 4 is 27.3 Å². The van der Waals surface area contributed by atoms with Crippen LogP contribution < -0.4 is 14.8 Å². The normalized spacial score (nSPS) is 15.7. The second-order valence-electron chi connectivity index (χ2n) is 7.54. The highest BCUT2D eigenvalue weighted by Gasteiger charge is 2.18. The lowest BCUT2D eigenvalue weighted by atomic mass is 10.2. The monoisotopic (exact) mass is 470 g/mol. The average Bonchev–Trinajstić information content (AvgIpc) is 3.33. The van der Waals surface area contributed by atoms with Gasteiger partial charge < -0.3 is 14.8 Å². The molecule has 1 fully saturated rings. The van der Waals surface area contributed by atoms with Crippen LogP contribution in [0.5, 0.6) is 5.75 Å². The Morgan fingerprint density at radius 1 is 1.06 bits per heavy atom. The molecule has 1 saturated heterocycles. The van der Waals surface area contributed by atoms with Crippen molar-refractivity contribution in [3.8, 4) is 5.75 Å². The number of hydrogen-bond acceptors (Lipinski definition) is 5. The first kappa shape index (κ1) is 22.8. The number of hydrogen-bond donors (Lipinski definition) is 2. The van der Waals surface area contributed by atoms with E-state index < -0.39 is 21.7 Å². The second-order valence-corrected chi connectivity index (χ2v) is 9.22. The summed E-state index contributed by atoms with van der Waals surface area (Å²) in [5.74, 6) is -0.458. The third kappa shape index (κ3) is 5.88. The van der Waals surface area contributed by atoms with Gasteiger partial charge in [-0.3, -0.25) is 9.52 Å². The van der Waals surface area contributed by atoms with Crippen LogP contribution in [0.1, 0.15) is 23.2 Å². The lowest BCUT2D eigenvalue weighted by molar-refractivity contribution is 0.0679. The van der Waals surface area contributed by atoms with Crippen molar-refractivity contribution in [1.29, 1.82) is 0 Å². The number of sulfonamides is 1. The van der Waals surface area contributed by atoms with Crippen LogP contribution in [0.2, 0.25) is 0 Å². The molecule has 0 aromatic heterocycles. The molecule has 0 bridgehead atoms. The number of ether oxygens (including phenoxy) is 2. The first-order valence-corrected chi connectivity index (χ1v) is 11.9. The summed E-state index contributed by atoms with van der Waals surface area (Å²) in [5.41, 5.74) is 0.515. The molecule has 4 rings (SSSR count). The van der Waals surface area contributed by atoms with E-state index in [0.29, 0.717) is 17.9 Å². The van der Waals surface area contributed by atoms with E-state index in [-0.39, 0.29) is 22.4 Å². The molecule has 1 atom stereocenters. The van der Waals surface area contributed by atoms with Crippen LogP contribution >= 0.6 is 0 Å². The summed E-state index contributed by atoms with van der Waals surface area (Å²) < 4.78 is 52.5. The van der Waals surface area contributed by atoms with Gasteiger partial charge in [0.15, 0.2) is 0 Å². The standard InChI is InChI=1S/C24H23FN2O5S/c25-22-8-1-2-9-23(22)27-33(29,30)21-7-3-5-18(15-21)26-24(28)17-10-12-19(13-11-17)32-16-20-6-4-14-31-20/h1-3,5,7-13,15,20,27H,4,6,14,16H2,(H,26,28)/t20-/m0/s1. The van der Waals surface area contributed by atoms with Gasteiger partial charge in [0.1, 0.15) is 18.2 Å². The van der Waals surface area contributed by atoms with Crippen molar-refractivity contribution in [2.24, 2.45) is 0 Å². The van der Waals surface area contributed by atoms with Crippen LogP contribution in [-0.4, -0.2) is 33.6 Å². The number of rotatable bonds is 8. The summed E-state index contributed by atoms with van der Waals surface area (Å²) >= 11 is 0. The second kappa shape index (κ2) is 10.0. The van der Waals surface area contributed by atoms with Crippen LogP contribution in [0.3, 0.4) is 0 Å². The van der Waals surface area contributed by atoms with Gasteiger partial charge in [0.05, 0.1) is 16.7 Å². The van der Waals surface area contributed by atoms with E-state index in [1.807, 2.05) is 0 Å². The summed E-state index contributed by atoms with van der Waals surface area (Å²) in [7, 11) is -4.05. The molecule has 2 N–H and O–H groups in total. The van der Waals surface area contributed by atoms with Crippen LogP contribution in [0.25, 0.3) is 0 Å². The molecule has 1 heterocycles. The van der Waals surface area contributed by atoms with E-state index in [4.69, 9.17) is 9.47 Å². The molecule has 1 amide bonds. The van der Waals surface area contributed by atoms with Crippen molar-refractivity contribution in [2.75, 3.05) is 23.3 Å². The Morgan fingerprint density at radius 3 is 2.58 bits per heavy atom. The lowest BCUT2D eigenvalue weighted by Crippen LogP contribution is -2.16. The van der Waals surface area contributed by atoms with Gasteiger partial charge in [-0.05, 0) is 67.4 Å². The Hall–Kier alpha value is -3.43. The van der Waals surface area contributed by atoms with Crippen LogP contribution in [0.15, 0.2) is 77.7 Å². The summed E-state index contributed by atoms with van der Waals surface area (Å²) in [4.78, 5) is 12.5. The highest BCUT2D eigenvalue weighted by Crippen LogP contribution is 2.22. The molecular weight excluding hydrogens is 447 g/mol. The zero-order valence-corrected chi connectivity index (χ0v) is 18.5. The Labute approximate surface area is 191 Å². The molecule has 172 valence electrons. The number of carbonyl (C=O) groups excluding carboxylic acids is 1. The molecule has 1 aliphatic rings. The van der Waals surface area contributed by atoms with E-state index in [9.17, 15) is 17.6 Å².